The maximum Gasteiger partial charge on any atom is 0.250 e. The molecule has 0 saturated carbocycles. The minimum Gasteiger partial charge on any atom is -0.398 e. The highest BCUT2D eigenvalue weighted by Crippen LogP contribution is 2.13. The van der Waals surface area contributed by atoms with Crippen LogP contribution in [0.3, 0.4) is 0 Å². The van der Waals surface area contributed by atoms with E-state index < -0.39 is 5.91 Å². The Morgan fingerprint density at radius 2 is 1.92 bits per heavy atom. The van der Waals surface area contributed by atoms with Crippen LogP contribution in [0, 0.1) is 0 Å². The lowest BCUT2D eigenvalue weighted by atomic mass is 10.1. The molecule has 0 saturated heterocycles. The summed E-state index contributed by atoms with van der Waals surface area (Å²) in [5.41, 5.74) is 11.5. The summed E-state index contributed by atoms with van der Waals surface area (Å²) in [5.74, 6) is -0.685. The van der Waals surface area contributed by atoms with E-state index in [0.717, 1.165) is 0 Å². The molecule has 68 valence electrons. The summed E-state index contributed by atoms with van der Waals surface area (Å²) in [6, 6.07) is 4.43. The number of ketones is 1. The van der Waals surface area contributed by atoms with Crippen LogP contribution >= 0.6 is 0 Å². The third-order valence-corrected chi connectivity index (χ3v) is 1.72. The summed E-state index contributed by atoms with van der Waals surface area (Å²) in [4.78, 5) is 21.7. The first kappa shape index (κ1) is 9.25. The number of carbonyl (C=O) groups excluding carboxylic acids is 2. The molecule has 1 aromatic carbocycles. The monoisotopic (exact) mass is 178 g/mol. The lowest BCUT2D eigenvalue weighted by Crippen LogP contribution is -2.13. The molecule has 1 aromatic rings. The van der Waals surface area contributed by atoms with Gasteiger partial charge in [-0.1, -0.05) is 6.07 Å². The first-order chi connectivity index (χ1) is 6.02. The van der Waals surface area contributed by atoms with Crippen molar-refractivity contribution in [2.45, 2.75) is 6.92 Å². The fourth-order valence-electron chi connectivity index (χ4n) is 1.01. The van der Waals surface area contributed by atoms with Crippen LogP contribution in [0.15, 0.2) is 18.2 Å². The van der Waals surface area contributed by atoms with Gasteiger partial charge in [0.1, 0.15) is 0 Å². The van der Waals surface area contributed by atoms with Gasteiger partial charge in [-0.15, -0.1) is 0 Å². The van der Waals surface area contributed by atoms with Crippen LogP contribution in [0.1, 0.15) is 27.6 Å². The molecule has 4 heteroatoms. The van der Waals surface area contributed by atoms with E-state index in [-0.39, 0.29) is 17.0 Å². The minimum atomic E-state index is -0.590. The average Bonchev–Trinajstić information content (AvgIpc) is 2.03. The summed E-state index contributed by atoms with van der Waals surface area (Å²) in [7, 11) is 0. The van der Waals surface area contributed by atoms with E-state index in [1.807, 2.05) is 0 Å². The van der Waals surface area contributed by atoms with Gasteiger partial charge in [0.05, 0.1) is 5.56 Å². The smallest absolute Gasteiger partial charge is 0.250 e. The van der Waals surface area contributed by atoms with Gasteiger partial charge in [0, 0.05) is 11.3 Å². The van der Waals surface area contributed by atoms with E-state index in [2.05, 4.69) is 0 Å². The second kappa shape index (κ2) is 3.26. The number of rotatable bonds is 2. The van der Waals surface area contributed by atoms with Crippen LogP contribution in [-0.4, -0.2) is 11.7 Å². The van der Waals surface area contributed by atoms with Gasteiger partial charge < -0.3 is 11.5 Å². The Kier molecular flexibility index (Phi) is 2.32. The van der Waals surface area contributed by atoms with Crippen molar-refractivity contribution in [1.29, 1.82) is 0 Å². The third kappa shape index (κ3) is 1.84. The lowest BCUT2D eigenvalue weighted by molar-refractivity contribution is 0.0994. The molecule has 0 bridgehead atoms. The number of anilines is 1. The number of carbonyl (C=O) groups is 2. The second-order valence-electron chi connectivity index (χ2n) is 2.72. The Hall–Kier alpha value is -1.84. The molecule has 4 nitrogen and oxygen atoms in total. The highest BCUT2D eigenvalue weighted by molar-refractivity contribution is 6.01. The third-order valence-electron chi connectivity index (χ3n) is 1.72. The number of benzene rings is 1. The molecule has 0 aliphatic carbocycles. The van der Waals surface area contributed by atoms with Crippen molar-refractivity contribution in [3.05, 3.63) is 29.3 Å². The molecule has 0 atom stereocenters. The highest BCUT2D eigenvalue weighted by Gasteiger charge is 2.07. The van der Waals surface area contributed by atoms with Gasteiger partial charge in [-0.2, -0.15) is 0 Å². The number of Topliss-reactive ketones (excluding diaryl/α,β-unsaturated/α-hetero) is 1. The molecule has 0 unspecified atom stereocenters. The van der Waals surface area contributed by atoms with Crippen molar-refractivity contribution in [2.75, 3.05) is 5.73 Å². The largest absolute Gasteiger partial charge is 0.398 e. The van der Waals surface area contributed by atoms with E-state index in [9.17, 15) is 9.59 Å². The zero-order valence-electron chi connectivity index (χ0n) is 7.20. The first-order valence-electron chi connectivity index (χ1n) is 3.72. The average molecular weight is 178 g/mol. The van der Waals surface area contributed by atoms with E-state index in [4.69, 9.17) is 11.5 Å². The molecular formula is C9H10N2O2. The first-order valence-corrected chi connectivity index (χ1v) is 3.72. The molecule has 0 fully saturated rings. The van der Waals surface area contributed by atoms with Crippen molar-refractivity contribution in [1.82, 2.24) is 0 Å². The van der Waals surface area contributed by atoms with Crippen molar-refractivity contribution in [3.63, 3.8) is 0 Å². The van der Waals surface area contributed by atoms with Gasteiger partial charge in [0.2, 0.25) is 0 Å². The minimum absolute atomic E-state index is 0.0947. The Bertz CT molecular complexity index is 372. The molecule has 0 radical (unpaired) electrons. The normalized spacial score (nSPS) is 9.62. The quantitative estimate of drug-likeness (QED) is 0.512. The number of nitrogens with two attached hydrogens (primary N) is 2. The van der Waals surface area contributed by atoms with Gasteiger partial charge in [-0.3, -0.25) is 9.59 Å². The van der Waals surface area contributed by atoms with Crippen LogP contribution in [0.2, 0.25) is 0 Å². The number of nitrogen functional groups attached to an aromatic ring is 1. The number of hydrogen-bond donors (Lipinski definition) is 2. The highest BCUT2D eigenvalue weighted by atomic mass is 16.1. The standard InChI is InChI=1S/C9H10N2O2/c1-5(12)6-2-3-7(9(11)13)8(10)4-6/h2-4H,10H2,1H3,(H2,11,13). The molecule has 0 aliphatic rings. The van der Waals surface area contributed by atoms with Crippen molar-refractivity contribution < 1.29 is 9.59 Å². The van der Waals surface area contributed by atoms with Crippen LogP contribution in [-0.2, 0) is 0 Å². The van der Waals surface area contributed by atoms with Crippen molar-refractivity contribution in [3.8, 4) is 0 Å². The molecule has 1 rings (SSSR count). The summed E-state index contributed by atoms with van der Waals surface area (Å²) in [6.45, 7) is 1.43. The molecule has 0 spiro atoms. The van der Waals surface area contributed by atoms with Gasteiger partial charge in [-0.25, -0.2) is 0 Å². The molecule has 0 heterocycles. The Balaban J connectivity index is 3.20. The summed E-state index contributed by atoms with van der Waals surface area (Å²) in [6.07, 6.45) is 0. The number of hydrogen-bond acceptors (Lipinski definition) is 3. The molecular weight excluding hydrogens is 168 g/mol. The molecule has 13 heavy (non-hydrogen) atoms. The summed E-state index contributed by atoms with van der Waals surface area (Å²) >= 11 is 0. The summed E-state index contributed by atoms with van der Waals surface area (Å²) < 4.78 is 0. The maximum absolute atomic E-state index is 10.9. The summed E-state index contributed by atoms with van der Waals surface area (Å²) in [5, 5.41) is 0. The van der Waals surface area contributed by atoms with E-state index in [0.29, 0.717) is 5.56 Å². The Labute approximate surface area is 75.5 Å². The molecule has 0 aromatic heterocycles. The van der Waals surface area contributed by atoms with Crippen molar-refractivity contribution >= 4 is 17.4 Å². The fourth-order valence-corrected chi connectivity index (χ4v) is 1.01. The van der Waals surface area contributed by atoms with Crippen LogP contribution in [0.4, 0.5) is 5.69 Å². The molecule has 4 N–H and O–H groups in total. The van der Waals surface area contributed by atoms with Gasteiger partial charge in [0.25, 0.3) is 5.91 Å². The zero-order valence-corrected chi connectivity index (χ0v) is 7.20. The predicted octanol–water partition coefficient (Wildman–Crippen LogP) is 0.570. The van der Waals surface area contributed by atoms with Gasteiger partial charge in [-0.05, 0) is 19.1 Å². The Morgan fingerprint density at radius 3 is 2.31 bits per heavy atom. The van der Waals surface area contributed by atoms with Crippen molar-refractivity contribution in [2.24, 2.45) is 5.73 Å². The zero-order chi connectivity index (χ0) is 10.0. The number of primary amides is 1. The van der Waals surface area contributed by atoms with Crippen LogP contribution in [0.25, 0.3) is 0 Å². The molecule has 0 aliphatic heterocycles. The molecule has 1 amide bonds. The van der Waals surface area contributed by atoms with Crippen LogP contribution < -0.4 is 11.5 Å². The predicted molar refractivity (Wildman–Crippen MR) is 49.4 cm³/mol. The van der Waals surface area contributed by atoms with E-state index in [1.54, 1.807) is 0 Å². The van der Waals surface area contributed by atoms with Gasteiger partial charge >= 0.3 is 0 Å². The lowest BCUT2D eigenvalue weighted by Gasteiger charge is -2.02. The Morgan fingerprint density at radius 1 is 1.31 bits per heavy atom. The maximum atomic E-state index is 10.9. The van der Waals surface area contributed by atoms with Crippen LogP contribution in [0.5, 0.6) is 0 Å². The number of amides is 1. The second-order valence-corrected chi connectivity index (χ2v) is 2.72. The fraction of sp³-hybridized carbons (Fsp3) is 0.111. The topological polar surface area (TPSA) is 86.2 Å². The SMILES string of the molecule is CC(=O)c1ccc(C(N)=O)c(N)c1. The van der Waals surface area contributed by atoms with E-state index in [1.165, 1.54) is 25.1 Å². The van der Waals surface area contributed by atoms with E-state index >= 15 is 0 Å². The van der Waals surface area contributed by atoms with Gasteiger partial charge in [0.15, 0.2) is 5.78 Å².